The van der Waals surface area contributed by atoms with Crippen LogP contribution >= 0.6 is 22.9 Å². The van der Waals surface area contributed by atoms with Crippen molar-refractivity contribution in [2.24, 2.45) is 4.99 Å². The fraction of sp³-hybridized carbons (Fsp3) is 0.132. The van der Waals surface area contributed by atoms with Gasteiger partial charge in [-0.1, -0.05) is 108 Å². The molecule has 0 fully saturated rings. The number of hydrogen-bond acceptors (Lipinski definition) is 6. The maximum absolute atomic E-state index is 14.6. The van der Waals surface area contributed by atoms with Gasteiger partial charge < -0.3 is 9.47 Å². The molecule has 1 aliphatic rings. The zero-order valence-corrected chi connectivity index (χ0v) is 27.4. The minimum absolute atomic E-state index is 0.107. The zero-order valence-electron chi connectivity index (χ0n) is 25.8. The number of carbonyl (C=O) groups excluding carboxylic acids is 1. The molecule has 6 nitrogen and oxygen atoms in total. The van der Waals surface area contributed by atoms with Gasteiger partial charge in [0.1, 0.15) is 12.4 Å². The Bertz CT molecular complexity index is 2460. The highest BCUT2D eigenvalue weighted by molar-refractivity contribution is 7.07. The molecule has 0 saturated carbocycles. The molecule has 0 unspecified atom stereocenters. The molecular weight excluding hydrogens is 673 g/mol. The number of carbonyl (C=O) groups is 1. The lowest BCUT2D eigenvalue weighted by atomic mass is 9.95. The zero-order chi connectivity index (χ0) is 34.3. The molecule has 0 saturated heterocycles. The van der Waals surface area contributed by atoms with Crippen LogP contribution in [0.15, 0.2) is 124 Å². The Labute approximate surface area is 286 Å². The van der Waals surface area contributed by atoms with Gasteiger partial charge in [-0.2, -0.15) is 13.2 Å². The summed E-state index contributed by atoms with van der Waals surface area (Å²) < 4.78 is 56.4. The number of halogens is 4. The number of alkyl halides is 3. The van der Waals surface area contributed by atoms with E-state index in [0.717, 1.165) is 43.0 Å². The van der Waals surface area contributed by atoms with Crippen LogP contribution in [-0.2, 0) is 16.1 Å². The number of allylic oxidation sites excluding steroid dienone is 1. The van der Waals surface area contributed by atoms with Crippen molar-refractivity contribution in [3.05, 3.63) is 156 Å². The average molecular weight is 699 g/mol. The van der Waals surface area contributed by atoms with Gasteiger partial charge in [0.05, 0.1) is 22.8 Å². The van der Waals surface area contributed by atoms with Crippen molar-refractivity contribution in [2.45, 2.75) is 25.7 Å². The van der Waals surface area contributed by atoms with Crippen LogP contribution in [0.3, 0.4) is 0 Å². The lowest BCUT2D eigenvalue weighted by Gasteiger charge is -2.26. The second-order valence-corrected chi connectivity index (χ2v) is 12.7. The van der Waals surface area contributed by atoms with Crippen LogP contribution in [0.1, 0.15) is 29.7 Å². The standard InChI is InChI=1S/C38H26ClF3N2O4S/c1-2-47-36(46)32-33(24-14-17-26(39)18-15-24)44-35(45)31(49-37(44)43-34(32)38(40,41)42)20-29-28-13-6-4-9-23(28)16-19-30(29)48-21-25-11-7-10-22-8-3-5-12-27(22)25/h3-20,33H,2,21H2,1H3/b31-20-/t33-/m0/s1. The van der Waals surface area contributed by atoms with Gasteiger partial charge in [0.2, 0.25) is 0 Å². The van der Waals surface area contributed by atoms with Gasteiger partial charge in [0.15, 0.2) is 10.5 Å². The maximum atomic E-state index is 14.6. The van der Waals surface area contributed by atoms with Crippen LogP contribution in [0.25, 0.3) is 27.6 Å². The number of fused-ring (bicyclic) bond motifs is 3. The van der Waals surface area contributed by atoms with E-state index in [1.165, 1.54) is 31.2 Å². The first-order valence-electron chi connectivity index (χ1n) is 15.3. The third-order valence-corrected chi connectivity index (χ3v) is 9.48. The number of aromatic nitrogens is 1. The molecule has 0 bridgehead atoms. The SMILES string of the molecule is CCOC(=O)C1=C(C(F)(F)F)N=c2s/c(=C\c3c(OCc4cccc5ccccc45)ccc4ccccc34)c(=O)n2[C@H]1c1ccc(Cl)cc1. The van der Waals surface area contributed by atoms with E-state index in [1.807, 2.05) is 78.9 Å². The molecule has 6 aromatic rings. The Morgan fingerprint density at radius 3 is 2.31 bits per heavy atom. The van der Waals surface area contributed by atoms with E-state index >= 15 is 0 Å². The number of thiazole rings is 1. The van der Waals surface area contributed by atoms with Gasteiger partial charge in [0, 0.05) is 10.6 Å². The molecule has 7 rings (SSSR count). The largest absolute Gasteiger partial charge is 0.488 e. The number of nitrogens with zero attached hydrogens (tertiary/aromatic N) is 2. The van der Waals surface area contributed by atoms with Gasteiger partial charge in [0.25, 0.3) is 5.56 Å². The third kappa shape index (κ3) is 6.13. The normalized spacial score (nSPS) is 15.0. The van der Waals surface area contributed by atoms with E-state index in [1.54, 1.807) is 6.08 Å². The summed E-state index contributed by atoms with van der Waals surface area (Å²) in [7, 11) is 0. The van der Waals surface area contributed by atoms with Crippen molar-refractivity contribution < 1.29 is 27.4 Å². The summed E-state index contributed by atoms with van der Waals surface area (Å²) in [6, 6.07) is 29.7. The molecular formula is C38H26ClF3N2O4S. The molecule has 1 aliphatic heterocycles. The van der Waals surface area contributed by atoms with Crippen LogP contribution in [-0.4, -0.2) is 23.3 Å². The summed E-state index contributed by atoms with van der Waals surface area (Å²) >= 11 is 6.90. The molecule has 0 N–H and O–H groups in total. The summed E-state index contributed by atoms with van der Waals surface area (Å²) in [6.07, 6.45) is -3.40. The Balaban J connectivity index is 1.42. The van der Waals surface area contributed by atoms with Crippen LogP contribution in [0.5, 0.6) is 5.75 Å². The van der Waals surface area contributed by atoms with Crippen molar-refractivity contribution in [2.75, 3.05) is 6.61 Å². The quantitative estimate of drug-likeness (QED) is 0.159. The van der Waals surface area contributed by atoms with Crippen LogP contribution in [0.2, 0.25) is 5.02 Å². The first-order chi connectivity index (χ1) is 23.6. The van der Waals surface area contributed by atoms with Crippen LogP contribution in [0.4, 0.5) is 13.2 Å². The van der Waals surface area contributed by atoms with E-state index in [9.17, 15) is 22.8 Å². The Morgan fingerprint density at radius 1 is 0.918 bits per heavy atom. The number of benzene rings is 5. The highest BCUT2D eigenvalue weighted by atomic mass is 35.5. The van der Waals surface area contributed by atoms with E-state index in [2.05, 4.69) is 4.99 Å². The van der Waals surface area contributed by atoms with Crippen molar-refractivity contribution in [3.63, 3.8) is 0 Å². The summed E-state index contributed by atoms with van der Waals surface area (Å²) in [5.74, 6) is -0.735. The number of hydrogen-bond donors (Lipinski definition) is 0. The van der Waals surface area contributed by atoms with Crippen LogP contribution < -0.4 is 19.6 Å². The lowest BCUT2D eigenvalue weighted by molar-refractivity contribution is -0.140. The average Bonchev–Trinajstić information content (AvgIpc) is 3.41. The fourth-order valence-electron chi connectivity index (χ4n) is 6.06. The molecule has 0 spiro atoms. The summed E-state index contributed by atoms with van der Waals surface area (Å²) in [5, 5.41) is 4.10. The molecule has 0 aliphatic carbocycles. The van der Waals surface area contributed by atoms with Crippen molar-refractivity contribution >= 4 is 56.5 Å². The summed E-state index contributed by atoms with van der Waals surface area (Å²) in [6.45, 7) is 1.55. The second-order valence-electron chi connectivity index (χ2n) is 11.2. The van der Waals surface area contributed by atoms with E-state index in [4.69, 9.17) is 21.1 Å². The predicted molar refractivity (Wildman–Crippen MR) is 184 cm³/mol. The molecule has 0 radical (unpaired) electrons. The molecule has 246 valence electrons. The third-order valence-electron chi connectivity index (χ3n) is 8.25. The lowest BCUT2D eigenvalue weighted by Crippen LogP contribution is -2.41. The van der Waals surface area contributed by atoms with Gasteiger partial charge in [-0.05, 0) is 63.9 Å². The van der Waals surface area contributed by atoms with Gasteiger partial charge >= 0.3 is 12.1 Å². The maximum Gasteiger partial charge on any atom is 0.434 e. The monoisotopic (exact) mass is 698 g/mol. The Kier molecular flexibility index (Phi) is 8.60. The summed E-state index contributed by atoms with van der Waals surface area (Å²) in [5.41, 5.74) is -1.04. The molecule has 1 atom stereocenters. The van der Waals surface area contributed by atoms with Gasteiger partial charge in [-0.15, -0.1) is 0 Å². The fourth-order valence-corrected chi connectivity index (χ4v) is 7.16. The number of esters is 1. The Morgan fingerprint density at radius 2 is 1.59 bits per heavy atom. The van der Waals surface area contributed by atoms with Gasteiger partial charge in [-0.3, -0.25) is 9.36 Å². The van der Waals surface area contributed by atoms with Gasteiger partial charge in [-0.25, -0.2) is 9.79 Å². The molecule has 1 aromatic heterocycles. The highest BCUT2D eigenvalue weighted by Crippen LogP contribution is 2.39. The molecule has 0 amide bonds. The first kappa shape index (κ1) is 32.4. The Hall–Kier alpha value is -5.19. The first-order valence-corrected chi connectivity index (χ1v) is 16.5. The molecule has 2 heterocycles. The second kappa shape index (κ2) is 13.0. The number of ether oxygens (including phenoxy) is 2. The van der Waals surface area contributed by atoms with Crippen molar-refractivity contribution in [1.82, 2.24) is 4.57 Å². The summed E-state index contributed by atoms with van der Waals surface area (Å²) in [4.78, 5) is 31.1. The molecule has 5 aromatic carbocycles. The van der Waals surface area contributed by atoms with Crippen LogP contribution in [0, 0.1) is 0 Å². The minimum atomic E-state index is -5.01. The molecule has 49 heavy (non-hydrogen) atoms. The minimum Gasteiger partial charge on any atom is -0.488 e. The van der Waals surface area contributed by atoms with E-state index in [-0.39, 0.29) is 28.1 Å². The van der Waals surface area contributed by atoms with Crippen molar-refractivity contribution in [3.8, 4) is 5.75 Å². The molecule has 11 heteroatoms. The van der Waals surface area contributed by atoms with Crippen molar-refractivity contribution in [1.29, 1.82) is 0 Å². The topological polar surface area (TPSA) is 69.9 Å². The smallest absolute Gasteiger partial charge is 0.434 e. The number of rotatable bonds is 7. The van der Waals surface area contributed by atoms with E-state index < -0.39 is 35.0 Å². The highest BCUT2D eigenvalue weighted by Gasteiger charge is 2.45. The van der Waals surface area contributed by atoms with E-state index in [0.29, 0.717) is 16.3 Å². The predicted octanol–water partition coefficient (Wildman–Crippen LogP) is 7.88.